The van der Waals surface area contributed by atoms with Crippen molar-refractivity contribution in [3.8, 4) is 0 Å². The standard InChI is InChI=1S/C19H24ClFN6/c1-19(2,15-5-4-14(21)12-16(15)20)13-25-17(22)26-8-10-27(11-9-26)18-23-6-3-7-24-18/h3-7,12H,8-11,13H2,1-2H3,(H2,22,25). The van der Waals surface area contributed by atoms with Gasteiger partial charge in [-0.15, -0.1) is 0 Å². The smallest absolute Gasteiger partial charge is 0.225 e. The van der Waals surface area contributed by atoms with Gasteiger partial charge in [0.1, 0.15) is 5.82 Å². The van der Waals surface area contributed by atoms with E-state index in [2.05, 4.69) is 24.8 Å². The molecule has 0 unspecified atom stereocenters. The summed E-state index contributed by atoms with van der Waals surface area (Å²) < 4.78 is 13.3. The molecule has 1 aromatic heterocycles. The molecular weight excluding hydrogens is 367 g/mol. The van der Waals surface area contributed by atoms with Crippen LogP contribution in [-0.2, 0) is 5.41 Å². The van der Waals surface area contributed by atoms with Crippen LogP contribution in [0.15, 0.2) is 41.7 Å². The zero-order valence-electron chi connectivity index (χ0n) is 15.6. The van der Waals surface area contributed by atoms with Crippen LogP contribution in [0.4, 0.5) is 10.3 Å². The van der Waals surface area contributed by atoms with Crippen molar-refractivity contribution in [1.82, 2.24) is 14.9 Å². The van der Waals surface area contributed by atoms with Crippen molar-refractivity contribution < 1.29 is 4.39 Å². The van der Waals surface area contributed by atoms with E-state index in [4.69, 9.17) is 17.3 Å². The number of anilines is 1. The van der Waals surface area contributed by atoms with Crippen LogP contribution < -0.4 is 10.6 Å². The van der Waals surface area contributed by atoms with Crippen molar-refractivity contribution in [1.29, 1.82) is 0 Å². The minimum Gasteiger partial charge on any atom is -0.370 e. The van der Waals surface area contributed by atoms with Crippen molar-refractivity contribution in [2.24, 2.45) is 10.7 Å². The van der Waals surface area contributed by atoms with Gasteiger partial charge in [0.15, 0.2) is 5.96 Å². The number of aliphatic imine (C=N–C) groups is 1. The van der Waals surface area contributed by atoms with E-state index in [0.29, 0.717) is 17.5 Å². The number of guanidine groups is 1. The van der Waals surface area contributed by atoms with E-state index in [-0.39, 0.29) is 11.2 Å². The van der Waals surface area contributed by atoms with Crippen LogP contribution >= 0.6 is 11.6 Å². The Kier molecular flexibility index (Phi) is 5.79. The number of aromatic nitrogens is 2. The van der Waals surface area contributed by atoms with Crippen molar-refractivity contribution in [2.75, 3.05) is 37.6 Å². The topological polar surface area (TPSA) is 70.6 Å². The van der Waals surface area contributed by atoms with Gasteiger partial charge in [-0.2, -0.15) is 0 Å². The van der Waals surface area contributed by atoms with Crippen LogP contribution in [0.1, 0.15) is 19.4 Å². The number of halogens is 2. The summed E-state index contributed by atoms with van der Waals surface area (Å²) in [5.41, 5.74) is 6.72. The normalized spacial score (nSPS) is 15.9. The largest absolute Gasteiger partial charge is 0.370 e. The summed E-state index contributed by atoms with van der Waals surface area (Å²) in [6.45, 7) is 7.59. The molecule has 1 fully saturated rings. The van der Waals surface area contributed by atoms with Crippen molar-refractivity contribution >= 4 is 23.5 Å². The van der Waals surface area contributed by atoms with Crippen molar-refractivity contribution in [3.05, 3.63) is 53.1 Å². The van der Waals surface area contributed by atoms with Gasteiger partial charge in [0, 0.05) is 49.0 Å². The van der Waals surface area contributed by atoms with E-state index in [0.717, 1.165) is 37.7 Å². The van der Waals surface area contributed by atoms with Crippen LogP contribution in [0.2, 0.25) is 5.02 Å². The van der Waals surface area contributed by atoms with Gasteiger partial charge in [-0.05, 0) is 23.8 Å². The molecule has 27 heavy (non-hydrogen) atoms. The molecule has 144 valence electrons. The summed E-state index contributed by atoms with van der Waals surface area (Å²) in [6.07, 6.45) is 3.49. The van der Waals surface area contributed by atoms with Crippen LogP contribution in [-0.4, -0.2) is 53.6 Å². The van der Waals surface area contributed by atoms with Gasteiger partial charge in [-0.3, -0.25) is 4.99 Å². The van der Waals surface area contributed by atoms with E-state index < -0.39 is 0 Å². The number of piperazine rings is 1. The fourth-order valence-electron chi connectivity index (χ4n) is 3.09. The molecule has 1 aliphatic rings. The second-order valence-corrected chi connectivity index (χ2v) is 7.61. The lowest BCUT2D eigenvalue weighted by atomic mass is 9.84. The Bertz CT molecular complexity index is 803. The van der Waals surface area contributed by atoms with Crippen LogP contribution in [0.3, 0.4) is 0 Å². The highest BCUT2D eigenvalue weighted by molar-refractivity contribution is 6.31. The zero-order valence-corrected chi connectivity index (χ0v) is 16.3. The van der Waals surface area contributed by atoms with Gasteiger partial charge >= 0.3 is 0 Å². The highest BCUT2D eigenvalue weighted by Gasteiger charge is 2.25. The molecular formula is C19H24ClFN6. The number of rotatable bonds is 4. The van der Waals surface area contributed by atoms with Crippen LogP contribution in [0.25, 0.3) is 0 Å². The first kappa shape index (κ1) is 19.4. The Hall–Kier alpha value is -2.41. The molecule has 1 saturated heterocycles. The molecule has 0 bridgehead atoms. The minimum absolute atomic E-state index is 0.345. The first-order valence-corrected chi connectivity index (χ1v) is 9.27. The lowest BCUT2D eigenvalue weighted by Gasteiger charge is -2.35. The van der Waals surface area contributed by atoms with Gasteiger partial charge in [-0.1, -0.05) is 31.5 Å². The molecule has 0 aliphatic carbocycles. The van der Waals surface area contributed by atoms with Crippen molar-refractivity contribution in [3.63, 3.8) is 0 Å². The average Bonchev–Trinajstić information content (AvgIpc) is 2.67. The SMILES string of the molecule is CC(C)(CN=C(N)N1CCN(c2ncccn2)CC1)c1ccc(F)cc1Cl. The van der Waals surface area contributed by atoms with E-state index in [1.807, 2.05) is 13.8 Å². The highest BCUT2D eigenvalue weighted by atomic mass is 35.5. The number of hydrogen-bond acceptors (Lipinski definition) is 4. The Balaban J connectivity index is 1.61. The molecule has 1 aliphatic heterocycles. The Labute approximate surface area is 163 Å². The third-order valence-corrected chi connectivity index (χ3v) is 5.05. The maximum atomic E-state index is 13.3. The third kappa shape index (κ3) is 4.66. The molecule has 0 radical (unpaired) electrons. The van der Waals surface area contributed by atoms with Crippen LogP contribution in [0.5, 0.6) is 0 Å². The van der Waals surface area contributed by atoms with Gasteiger partial charge in [0.2, 0.25) is 5.95 Å². The number of hydrogen-bond donors (Lipinski definition) is 1. The molecule has 2 aromatic rings. The van der Waals surface area contributed by atoms with E-state index in [9.17, 15) is 4.39 Å². The Morgan fingerprint density at radius 3 is 2.52 bits per heavy atom. The number of nitrogens with two attached hydrogens (primary N) is 1. The maximum Gasteiger partial charge on any atom is 0.225 e. The summed E-state index contributed by atoms with van der Waals surface area (Å²) in [4.78, 5) is 17.3. The molecule has 1 aromatic carbocycles. The second kappa shape index (κ2) is 8.08. The molecule has 8 heteroatoms. The summed E-state index contributed by atoms with van der Waals surface area (Å²) in [5, 5.41) is 0.408. The molecule has 2 N–H and O–H groups in total. The van der Waals surface area contributed by atoms with Gasteiger partial charge in [0.05, 0.1) is 6.54 Å². The average molecular weight is 391 g/mol. The van der Waals surface area contributed by atoms with Gasteiger partial charge in [-0.25, -0.2) is 14.4 Å². The fourth-order valence-corrected chi connectivity index (χ4v) is 3.52. The molecule has 0 atom stereocenters. The quantitative estimate of drug-likeness (QED) is 0.642. The van der Waals surface area contributed by atoms with E-state index in [1.54, 1.807) is 24.5 Å². The Morgan fingerprint density at radius 1 is 1.22 bits per heavy atom. The molecule has 2 heterocycles. The number of benzene rings is 1. The van der Waals surface area contributed by atoms with Gasteiger partial charge < -0.3 is 15.5 Å². The molecule has 3 rings (SSSR count). The predicted octanol–water partition coefficient (Wildman–Crippen LogP) is 2.68. The molecule has 0 saturated carbocycles. The summed E-state index contributed by atoms with van der Waals surface area (Å²) in [6, 6.07) is 6.26. The first-order chi connectivity index (χ1) is 12.9. The summed E-state index contributed by atoms with van der Waals surface area (Å²) in [7, 11) is 0. The molecule has 6 nitrogen and oxygen atoms in total. The highest BCUT2D eigenvalue weighted by Crippen LogP contribution is 2.30. The molecule has 0 spiro atoms. The Morgan fingerprint density at radius 2 is 1.89 bits per heavy atom. The molecule has 0 amide bonds. The lowest BCUT2D eigenvalue weighted by Crippen LogP contribution is -2.51. The van der Waals surface area contributed by atoms with Crippen molar-refractivity contribution in [2.45, 2.75) is 19.3 Å². The zero-order chi connectivity index (χ0) is 19.4. The first-order valence-electron chi connectivity index (χ1n) is 8.89. The van der Waals surface area contributed by atoms with Crippen LogP contribution in [0, 0.1) is 5.82 Å². The number of nitrogens with zero attached hydrogens (tertiary/aromatic N) is 5. The van der Waals surface area contributed by atoms with Gasteiger partial charge in [0.25, 0.3) is 0 Å². The predicted molar refractivity (Wildman–Crippen MR) is 107 cm³/mol. The summed E-state index contributed by atoms with van der Waals surface area (Å²) in [5.74, 6) is 0.900. The lowest BCUT2D eigenvalue weighted by molar-refractivity contribution is 0.376. The van der Waals surface area contributed by atoms with E-state index >= 15 is 0 Å². The summed E-state index contributed by atoms with van der Waals surface area (Å²) >= 11 is 6.20. The second-order valence-electron chi connectivity index (χ2n) is 7.21. The third-order valence-electron chi connectivity index (χ3n) is 4.74. The minimum atomic E-state index is -0.352. The van der Waals surface area contributed by atoms with E-state index in [1.165, 1.54) is 12.1 Å². The maximum absolute atomic E-state index is 13.3. The fraction of sp³-hybridized carbons (Fsp3) is 0.421. The monoisotopic (exact) mass is 390 g/mol.